The molecule has 0 saturated carbocycles. The van der Waals surface area contributed by atoms with Crippen molar-refractivity contribution in [3.05, 3.63) is 35.8 Å². The zero-order valence-corrected chi connectivity index (χ0v) is 9.54. The Balaban J connectivity index is 2.23. The SMILES string of the molecule is CCCc1cc2cc3cc(C)oc3cc2o1. The third-order valence-electron chi connectivity index (χ3n) is 2.83. The van der Waals surface area contributed by atoms with Gasteiger partial charge in [0.1, 0.15) is 22.7 Å². The van der Waals surface area contributed by atoms with Crippen molar-refractivity contribution in [2.45, 2.75) is 26.7 Å². The highest BCUT2D eigenvalue weighted by atomic mass is 16.3. The Morgan fingerprint density at radius 2 is 1.69 bits per heavy atom. The molecule has 0 bridgehead atoms. The number of furan rings is 2. The van der Waals surface area contributed by atoms with Crippen LogP contribution in [-0.2, 0) is 6.42 Å². The van der Waals surface area contributed by atoms with Crippen LogP contribution >= 0.6 is 0 Å². The number of hydrogen-bond donors (Lipinski definition) is 0. The van der Waals surface area contributed by atoms with Gasteiger partial charge in [0.2, 0.25) is 0 Å². The normalized spacial score (nSPS) is 11.6. The zero-order chi connectivity index (χ0) is 11.1. The molecule has 2 nitrogen and oxygen atoms in total. The molecule has 0 atom stereocenters. The summed E-state index contributed by atoms with van der Waals surface area (Å²) in [5.74, 6) is 2.00. The second-order valence-electron chi connectivity index (χ2n) is 4.25. The van der Waals surface area contributed by atoms with Crippen molar-refractivity contribution < 1.29 is 8.83 Å². The van der Waals surface area contributed by atoms with Crippen LogP contribution < -0.4 is 0 Å². The topological polar surface area (TPSA) is 26.3 Å². The number of benzene rings is 1. The van der Waals surface area contributed by atoms with Crippen molar-refractivity contribution in [3.63, 3.8) is 0 Å². The number of fused-ring (bicyclic) bond motifs is 2. The fraction of sp³-hybridized carbons (Fsp3) is 0.286. The lowest BCUT2D eigenvalue weighted by molar-refractivity contribution is 0.542. The van der Waals surface area contributed by atoms with Crippen molar-refractivity contribution in [2.24, 2.45) is 0 Å². The lowest BCUT2D eigenvalue weighted by atomic mass is 10.2. The van der Waals surface area contributed by atoms with E-state index in [9.17, 15) is 0 Å². The predicted octanol–water partition coefficient (Wildman–Crippen LogP) is 4.44. The highest BCUT2D eigenvalue weighted by molar-refractivity contribution is 5.93. The molecule has 0 radical (unpaired) electrons. The number of hydrogen-bond acceptors (Lipinski definition) is 2. The Labute approximate surface area is 93.8 Å². The lowest BCUT2D eigenvalue weighted by Crippen LogP contribution is -1.74. The highest BCUT2D eigenvalue weighted by Gasteiger charge is 2.07. The summed E-state index contributed by atoms with van der Waals surface area (Å²) in [6, 6.07) is 8.29. The van der Waals surface area contributed by atoms with Gasteiger partial charge in [-0.1, -0.05) is 6.92 Å². The van der Waals surface area contributed by atoms with Crippen LogP contribution in [0.25, 0.3) is 21.9 Å². The molecule has 16 heavy (non-hydrogen) atoms. The highest BCUT2D eigenvalue weighted by Crippen LogP contribution is 2.28. The van der Waals surface area contributed by atoms with Crippen LogP contribution in [0.1, 0.15) is 24.9 Å². The van der Waals surface area contributed by atoms with E-state index in [2.05, 4.69) is 25.1 Å². The average molecular weight is 214 g/mol. The summed E-state index contributed by atoms with van der Waals surface area (Å²) in [7, 11) is 0. The maximum absolute atomic E-state index is 5.77. The van der Waals surface area contributed by atoms with Crippen LogP contribution in [0, 0.1) is 6.92 Å². The molecule has 82 valence electrons. The van der Waals surface area contributed by atoms with Gasteiger partial charge in [0.25, 0.3) is 0 Å². The maximum atomic E-state index is 5.77. The third-order valence-corrected chi connectivity index (χ3v) is 2.83. The Bertz CT molecular complexity index is 592. The van der Waals surface area contributed by atoms with Gasteiger partial charge in [-0.05, 0) is 31.5 Å². The standard InChI is InChI=1S/C14H14O2/c1-3-4-12-7-11-6-10-5-9(2)15-13(10)8-14(11)16-12/h5-8H,3-4H2,1-2H3. The monoisotopic (exact) mass is 214 g/mol. The summed E-state index contributed by atoms with van der Waals surface area (Å²) in [5, 5.41) is 2.31. The summed E-state index contributed by atoms with van der Waals surface area (Å²) in [4.78, 5) is 0. The van der Waals surface area contributed by atoms with Gasteiger partial charge in [0.05, 0.1) is 0 Å². The molecule has 3 aromatic rings. The van der Waals surface area contributed by atoms with E-state index in [1.807, 2.05) is 13.0 Å². The van der Waals surface area contributed by atoms with Gasteiger partial charge >= 0.3 is 0 Å². The first-order valence-electron chi connectivity index (χ1n) is 5.69. The van der Waals surface area contributed by atoms with E-state index in [1.165, 1.54) is 0 Å². The molecule has 2 aromatic heterocycles. The van der Waals surface area contributed by atoms with Gasteiger partial charge in [-0.3, -0.25) is 0 Å². The largest absolute Gasteiger partial charge is 0.461 e. The first-order chi connectivity index (χ1) is 7.76. The van der Waals surface area contributed by atoms with Crippen molar-refractivity contribution in [1.82, 2.24) is 0 Å². The van der Waals surface area contributed by atoms with Gasteiger partial charge in [0.15, 0.2) is 0 Å². The quantitative estimate of drug-likeness (QED) is 0.630. The van der Waals surface area contributed by atoms with Gasteiger partial charge in [-0.2, -0.15) is 0 Å². The summed E-state index contributed by atoms with van der Waals surface area (Å²) in [6.07, 6.45) is 2.10. The maximum Gasteiger partial charge on any atom is 0.138 e. The third kappa shape index (κ3) is 1.42. The second kappa shape index (κ2) is 3.41. The number of aryl methyl sites for hydroxylation is 2. The van der Waals surface area contributed by atoms with E-state index in [-0.39, 0.29) is 0 Å². The Morgan fingerprint density at radius 3 is 2.50 bits per heavy atom. The summed E-state index contributed by atoms with van der Waals surface area (Å²) >= 11 is 0. The van der Waals surface area contributed by atoms with E-state index >= 15 is 0 Å². The van der Waals surface area contributed by atoms with E-state index in [4.69, 9.17) is 8.83 Å². The molecule has 0 amide bonds. The van der Waals surface area contributed by atoms with Crippen LogP contribution in [0.3, 0.4) is 0 Å². The number of rotatable bonds is 2. The molecule has 0 saturated heterocycles. The smallest absolute Gasteiger partial charge is 0.138 e. The molecule has 0 N–H and O–H groups in total. The Hall–Kier alpha value is -1.70. The van der Waals surface area contributed by atoms with Gasteiger partial charge in [-0.25, -0.2) is 0 Å². The summed E-state index contributed by atoms with van der Waals surface area (Å²) < 4.78 is 11.4. The van der Waals surface area contributed by atoms with Crippen LogP contribution in [-0.4, -0.2) is 0 Å². The van der Waals surface area contributed by atoms with E-state index in [0.29, 0.717) is 0 Å². The minimum atomic E-state index is 0.905. The van der Waals surface area contributed by atoms with Crippen molar-refractivity contribution in [3.8, 4) is 0 Å². The molecule has 0 aliphatic heterocycles. The van der Waals surface area contributed by atoms with Crippen molar-refractivity contribution in [1.29, 1.82) is 0 Å². The molecule has 2 heterocycles. The molecule has 0 fully saturated rings. The fourth-order valence-electron chi connectivity index (χ4n) is 2.13. The van der Waals surface area contributed by atoms with Gasteiger partial charge in [-0.15, -0.1) is 0 Å². The predicted molar refractivity (Wildman–Crippen MR) is 64.7 cm³/mol. The Kier molecular flexibility index (Phi) is 2.03. The summed E-state index contributed by atoms with van der Waals surface area (Å²) in [6.45, 7) is 4.12. The van der Waals surface area contributed by atoms with Gasteiger partial charge < -0.3 is 8.83 Å². The van der Waals surface area contributed by atoms with Crippen LogP contribution in [0.2, 0.25) is 0 Å². The minimum absolute atomic E-state index is 0.905. The molecule has 0 spiro atoms. The molecule has 1 aromatic carbocycles. The first-order valence-corrected chi connectivity index (χ1v) is 5.69. The van der Waals surface area contributed by atoms with Crippen molar-refractivity contribution in [2.75, 3.05) is 0 Å². The molecule has 2 heteroatoms. The molecule has 0 aliphatic carbocycles. The first kappa shape index (κ1) is 9.52. The van der Waals surface area contributed by atoms with Gasteiger partial charge in [0, 0.05) is 23.3 Å². The fourth-order valence-corrected chi connectivity index (χ4v) is 2.13. The van der Waals surface area contributed by atoms with Crippen LogP contribution in [0.4, 0.5) is 0 Å². The average Bonchev–Trinajstić information content (AvgIpc) is 2.75. The minimum Gasteiger partial charge on any atom is -0.461 e. The molecular weight excluding hydrogens is 200 g/mol. The Morgan fingerprint density at radius 1 is 0.938 bits per heavy atom. The van der Waals surface area contributed by atoms with E-state index < -0.39 is 0 Å². The molecule has 0 unspecified atom stereocenters. The van der Waals surface area contributed by atoms with Crippen LogP contribution in [0.15, 0.2) is 33.1 Å². The van der Waals surface area contributed by atoms with E-state index in [0.717, 1.165) is 46.3 Å². The summed E-state index contributed by atoms with van der Waals surface area (Å²) in [5.41, 5.74) is 1.83. The molecular formula is C14H14O2. The molecule has 3 rings (SSSR count). The molecule has 0 aliphatic rings. The van der Waals surface area contributed by atoms with Crippen LogP contribution in [0.5, 0.6) is 0 Å². The van der Waals surface area contributed by atoms with E-state index in [1.54, 1.807) is 0 Å². The zero-order valence-electron chi connectivity index (χ0n) is 9.54. The van der Waals surface area contributed by atoms with Crippen molar-refractivity contribution >= 4 is 21.9 Å². The lowest BCUT2D eigenvalue weighted by Gasteiger charge is -1.89. The second-order valence-corrected chi connectivity index (χ2v) is 4.25.